The topological polar surface area (TPSA) is 129 Å². The van der Waals surface area contributed by atoms with Gasteiger partial charge in [0.25, 0.3) is 0 Å². The largest absolute Gasteiger partial charge is 0.494 e. The van der Waals surface area contributed by atoms with Crippen LogP contribution in [-0.4, -0.2) is 69.5 Å². The zero-order chi connectivity index (χ0) is 17.0. The van der Waals surface area contributed by atoms with Gasteiger partial charge in [0.15, 0.2) is 0 Å². The molecule has 0 saturated carbocycles. The minimum Gasteiger partial charge on any atom is -0.494 e. The molecule has 5 N–H and O–H groups in total. The third-order valence-corrected chi connectivity index (χ3v) is 3.60. The Bertz CT molecular complexity index is 506. The van der Waals surface area contributed by atoms with Crippen LogP contribution in [0.5, 0.6) is 11.5 Å². The van der Waals surface area contributed by atoms with E-state index in [1.54, 1.807) is 12.1 Å². The van der Waals surface area contributed by atoms with Gasteiger partial charge in [0, 0.05) is 5.56 Å². The molecule has 0 amide bonds. The van der Waals surface area contributed by atoms with Gasteiger partial charge >= 0.3 is 0 Å². The second-order valence-electron chi connectivity index (χ2n) is 5.18. The molecule has 1 aromatic rings. The Balaban J connectivity index is 2.14. The first-order valence-electron chi connectivity index (χ1n) is 7.35. The fraction of sp³-hybridized carbons (Fsp3) is 0.600. The molecule has 1 saturated heterocycles. The summed E-state index contributed by atoms with van der Waals surface area (Å²) >= 11 is 0. The number of hydrogen-bond acceptors (Lipinski definition) is 8. The van der Waals surface area contributed by atoms with Crippen LogP contribution in [0.2, 0.25) is 0 Å². The molecule has 1 aliphatic heterocycles. The van der Waals surface area contributed by atoms with Gasteiger partial charge in [-0.1, -0.05) is 0 Å². The van der Waals surface area contributed by atoms with Gasteiger partial charge in [-0.3, -0.25) is 0 Å². The van der Waals surface area contributed by atoms with Crippen molar-refractivity contribution < 1.29 is 39.7 Å². The van der Waals surface area contributed by atoms with Crippen molar-refractivity contribution in [1.82, 2.24) is 0 Å². The molecule has 2 rings (SSSR count). The first-order chi connectivity index (χ1) is 11.0. The maximum Gasteiger partial charge on any atom is 0.229 e. The monoisotopic (exact) mass is 330 g/mol. The third kappa shape index (κ3) is 3.92. The molecular formula is C15H22O8. The van der Waals surface area contributed by atoms with E-state index < -0.39 is 37.3 Å². The Morgan fingerprint density at radius 2 is 1.83 bits per heavy atom. The molecule has 0 bridgehead atoms. The molecular weight excluding hydrogens is 308 g/mol. The summed E-state index contributed by atoms with van der Waals surface area (Å²) in [7, 11) is 0. The first kappa shape index (κ1) is 17.9. The quantitative estimate of drug-likeness (QED) is 0.438. The fourth-order valence-corrected chi connectivity index (χ4v) is 2.35. The molecule has 0 aliphatic carbocycles. The van der Waals surface area contributed by atoms with E-state index in [0.29, 0.717) is 17.9 Å². The van der Waals surface area contributed by atoms with Gasteiger partial charge in [-0.05, 0) is 25.1 Å². The lowest BCUT2D eigenvalue weighted by Crippen LogP contribution is -2.60. The summed E-state index contributed by atoms with van der Waals surface area (Å²) in [6.45, 7) is 1.47. The molecule has 5 atom stereocenters. The van der Waals surface area contributed by atoms with Crippen molar-refractivity contribution in [3.63, 3.8) is 0 Å². The van der Waals surface area contributed by atoms with Gasteiger partial charge in [0.1, 0.15) is 35.9 Å². The van der Waals surface area contributed by atoms with Gasteiger partial charge in [-0.25, -0.2) is 0 Å². The summed E-state index contributed by atoms with van der Waals surface area (Å²) in [6, 6.07) is 4.69. The Kier molecular flexibility index (Phi) is 6.17. The molecule has 0 unspecified atom stereocenters. The Hall–Kier alpha value is -1.42. The highest BCUT2D eigenvalue weighted by Crippen LogP contribution is 2.28. The number of benzene rings is 1. The maximum atomic E-state index is 9.93. The number of aliphatic hydroxyl groups excluding tert-OH is 5. The minimum atomic E-state index is -1.51. The van der Waals surface area contributed by atoms with Crippen LogP contribution in [0.15, 0.2) is 18.2 Å². The highest BCUT2D eigenvalue weighted by Gasteiger charge is 2.44. The molecule has 23 heavy (non-hydrogen) atoms. The number of aliphatic hydroxyl groups is 5. The van der Waals surface area contributed by atoms with Gasteiger partial charge in [0.05, 0.1) is 19.8 Å². The van der Waals surface area contributed by atoms with E-state index in [9.17, 15) is 20.4 Å². The number of rotatable bonds is 6. The summed E-state index contributed by atoms with van der Waals surface area (Å²) in [4.78, 5) is 0. The molecule has 1 aromatic carbocycles. The van der Waals surface area contributed by atoms with E-state index in [4.69, 9.17) is 19.3 Å². The van der Waals surface area contributed by atoms with Crippen LogP contribution >= 0.6 is 0 Å². The van der Waals surface area contributed by atoms with Crippen molar-refractivity contribution in [3.8, 4) is 11.5 Å². The van der Waals surface area contributed by atoms with Crippen molar-refractivity contribution in [2.24, 2.45) is 0 Å². The third-order valence-electron chi connectivity index (χ3n) is 3.60. The molecule has 8 heteroatoms. The van der Waals surface area contributed by atoms with Crippen LogP contribution in [0.4, 0.5) is 0 Å². The average molecular weight is 330 g/mol. The molecule has 1 aliphatic rings. The van der Waals surface area contributed by atoms with Crippen LogP contribution in [-0.2, 0) is 11.3 Å². The molecule has 130 valence electrons. The molecule has 8 nitrogen and oxygen atoms in total. The highest BCUT2D eigenvalue weighted by molar-refractivity contribution is 5.40. The predicted molar refractivity (Wildman–Crippen MR) is 77.9 cm³/mol. The van der Waals surface area contributed by atoms with Crippen molar-refractivity contribution in [3.05, 3.63) is 23.8 Å². The summed E-state index contributed by atoms with van der Waals surface area (Å²) in [5, 5.41) is 47.9. The molecule has 1 fully saturated rings. The summed E-state index contributed by atoms with van der Waals surface area (Å²) in [6.07, 6.45) is -6.75. The van der Waals surface area contributed by atoms with E-state index in [1.807, 2.05) is 6.92 Å². The van der Waals surface area contributed by atoms with E-state index in [2.05, 4.69) is 0 Å². The van der Waals surface area contributed by atoms with Crippen LogP contribution in [0.1, 0.15) is 12.5 Å². The molecule has 0 radical (unpaired) electrons. The maximum absolute atomic E-state index is 9.93. The Labute approximate surface area is 133 Å². The van der Waals surface area contributed by atoms with Crippen LogP contribution in [0, 0.1) is 0 Å². The van der Waals surface area contributed by atoms with E-state index in [-0.39, 0.29) is 12.4 Å². The van der Waals surface area contributed by atoms with Crippen LogP contribution < -0.4 is 9.47 Å². The minimum absolute atomic E-state index is 0.263. The first-order valence-corrected chi connectivity index (χ1v) is 7.35. The van der Waals surface area contributed by atoms with E-state index >= 15 is 0 Å². The summed E-state index contributed by atoms with van der Waals surface area (Å²) < 4.78 is 16.1. The average Bonchev–Trinajstić information content (AvgIpc) is 2.56. The Morgan fingerprint density at radius 3 is 2.43 bits per heavy atom. The van der Waals surface area contributed by atoms with Gasteiger partial charge in [0.2, 0.25) is 6.29 Å². The molecule has 0 aromatic heterocycles. The van der Waals surface area contributed by atoms with Crippen molar-refractivity contribution >= 4 is 0 Å². The van der Waals surface area contributed by atoms with Crippen molar-refractivity contribution in [2.75, 3.05) is 13.2 Å². The summed E-state index contributed by atoms with van der Waals surface area (Å²) in [5.41, 5.74) is 0.494. The second-order valence-corrected chi connectivity index (χ2v) is 5.18. The zero-order valence-electron chi connectivity index (χ0n) is 12.7. The smallest absolute Gasteiger partial charge is 0.229 e. The number of ether oxygens (including phenoxy) is 3. The van der Waals surface area contributed by atoms with Crippen molar-refractivity contribution in [1.29, 1.82) is 0 Å². The second kappa shape index (κ2) is 7.91. The predicted octanol–water partition coefficient (Wildman–Crippen LogP) is -1.24. The fourth-order valence-electron chi connectivity index (χ4n) is 2.35. The number of hydrogen-bond donors (Lipinski definition) is 5. The van der Waals surface area contributed by atoms with Gasteiger partial charge < -0.3 is 39.7 Å². The van der Waals surface area contributed by atoms with Crippen molar-refractivity contribution in [2.45, 2.75) is 44.2 Å². The summed E-state index contributed by atoms with van der Waals surface area (Å²) in [5.74, 6) is 0.790. The highest BCUT2D eigenvalue weighted by atomic mass is 16.7. The zero-order valence-corrected chi connectivity index (χ0v) is 12.7. The van der Waals surface area contributed by atoms with Crippen LogP contribution in [0.3, 0.4) is 0 Å². The standard InChI is InChI=1S/C15H22O8/c1-2-21-10-4-3-9(5-8(10)6-16)22-15-14(20)13(19)12(18)11(7-17)23-15/h3-5,11-20H,2,6-7H2,1H3/t11-,12-,13+,14-,15+/m1/s1. The SMILES string of the molecule is CCOc1ccc(O[C@H]2O[C@H](CO)[C@@H](O)[C@H](O)[C@H]2O)cc1CO. The lowest BCUT2D eigenvalue weighted by molar-refractivity contribution is -0.277. The molecule has 1 heterocycles. The van der Waals surface area contributed by atoms with Gasteiger partial charge in [-0.15, -0.1) is 0 Å². The van der Waals surface area contributed by atoms with E-state index in [1.165, 1.54) is 6.07 Å². The lowest BCUT2D eigenvalue weighted by Gasteiger charge is -2.39. The Morgan fingerprint density at radius 1 is 1.09 bits per heavy atom. The normalized spacial score (nSPS) is 31.0. The van der Waals surface area contributed by atoms with Gasteiger partial charge in [-0.2, -0.15) is 0 Å². The van der Waals surface area contributed by atoms with Crippen LogP contribution in [0.25, 0.3) is 0 Å². The van der Waals surface area contributed by atoms with E-state index in [0.717, 1.165) is 0 Å². The molecule has 0 spiro atoms. The lowest BCUT2D eigenvalue weighted by atomic mass is 9.99.